The molecular weight excluding hydrogens is 192 g/mol. The van der Waals surface area contributed by atoms with E-state index in [2.05, 4.69) is 28.8 Å². The van der Waals surface area contributed by atoms with Gasteiger partial charge < -0.3 is 5.11 Å². The molecular formula is C12H20O3. The summed E-state index contributed by atoms with van der Waals surface area (Å²) in [6, 6.07) is 10.3. The smallest absolute Gasteiger partial charge is 0.0823 e. The fraction of sp³-hybridized carbons (Fsp3) is 0.500. The molecule has 15 heavy (non-hydrogen) atoms. The molecule has 0 aromatic heterocycles. The molecule has 0 bridgehead atoms. The molecule has 1 aliphatic heterocycles. The molecule has 86 valence electrons. The van der Waals surface area contributed by atoms with Crippen LogP contribution in [0.1, 0.15) is 18.4 Å². The molecule has 0 amide bonds. The minimum atomic E-state index is 0.778. The average Bonchev–Trinajstić information content (AvgIpc) is 2.36. The molecule has 3 nitrogen and oxygen atoms in total. The van der Waals surface area contributed by atoms with Crippen LogP contribution in [0.15, 0.2) is 30.3 Å². The van der Waals surface area contributed by atoms with Crippen LogP contribution in [0.2, 0.25) is 0 Å². The van der Waals surface area contributed by atoms with Crippen molar-refractivity contribution >= 4 is 0 Å². The fourth-order valence-corrected chi connectivity index (χ4v) is 0.974. The number of hydrogen-bond donors (Lipinski definition) is 1. The van der Waals surface area contributed by atoms with Crippen molar-refractivity contribution in [3.63, 3.8) is 0 Å². The average molecular weight is 212 g/mol. The summed E-state index contributed by atoms with van der Waals surface area (Å²) in [7, 11) is 1.00. The Morgan fingerprint density at radius 2 is 1.40 bits per heavy atom. The summed E-state index contributed by atoms with van der Waals surface area (Å²) in [6.45, 7) is 3.64. The largest absolute Gasteiger partial charge is 0.400 e. The Morgan fingerprint density at radius 3 is 1.60 bits per heavy atom. The van der Waals surface area contributed by atoms with Crippen molar-refractivity contribution in [3.8, 4) is 0 Å². The van der Waals surface area contributed by atoms with Gasteiger partial charge in [0.2, 0.25) is 0 Å². The molecule has 0 unspecified atom stereocenters. The highest BCUT2D eigenvalue weighted by molar-refractivity contribution is 5.11. The van der Waals surface area contributed by atoms with Crippen LogP contribution in [0.25, 0.3) is 0 Å². The highest BCUT2D eigenvalue weighted by atomic mass is 17.2. The van der Waals surface area contributed by atoms with E-state index in [9.17, 15) is 0 Å². The number of aliphatic hydroxyl groups is 1. The quantitative estimate of drug-likeness (QED) is 0.671. The molecule has 3 heteroatoms. The predicted octanol–water partition coefficient (Wildman–Crippen LogP) is 2.33. The molecule has 1 N–H and O–H groups in total. The Kier molecular flexibility index (Phi) is 10.5. The molecule has 1 saturated heterocycles. The standard InChI is InChI=1S/C7H8.C4H8O2.CH4O/c1-7-5-3-2-4-6-7;1-2-4-6-5-3-1;1-2/h2-6H,1H3;1-4H2;2H,1H3. The van der Waals surface area contributed by atoms with Crippen LogP contribution in [0.5, 0.6) is 0 Å². The third kappa shape index (κ3) is 9.41. The van der Waals surface area contributed by atoms with Crippen LogP contribution in [0.3, 0.4) is 0 Å². The third-order valence-electron chi connectivity index (χ3n) is 1.73. The molecule has 1 aromatic carbocycles. The summed E-state index contributed by atoms with van der Waals surface area (Å²) in [4.78, 5) is 9.14. The van der Waals surface area contributed by atoms with Gasteiger partial charge in [-0.1, -0.05) is 35.9 Å². The van der Waals surface area contributed by atoms with Crippen molar-refractivity contribution < 1.29 is 14.9 Å². The first-order valence-electron chi connectivity index (χ1n) is 5.10. The molecule has 0 spiro atoms. The van der Waals surface area contributed by atoms with Crippen molar-refractivity contribution in [2.24, 2.45) is 0 Å². The lowest BCUT2D eigenvalue weighted by atomic mass is 10.2. The van der Waals surface area contributed by atoms with Crippen molar-refractivity contribution in [3.05, 3.63) is 35.9 Å². The highest BCUT2D eigenvalue weighted by Crippen LogP contribution is 1.97. The summed E-state index contributed by atoms with van der Waals surface area (Å²) in [5, 5.41) is 7.00. The van der Waals surface area contributed by atoms with Crippen molar-refractivity contribution in [2.45, 2.75) is 19.8 Å². The van der Waals surface area contributed by atoms with E-state index in [4.69, 9.17) is 5.11 Å². The molecule has 0 aliphatic carbocycles. The van der Waals surface area contributed by atoms with E-state index in [1.807, 2.05) is 18.2 Å². The van der Waals surface area contributed by atoms with E-state index in [1.54, 1.807) is 0 Å². The van der Waals surface area contributed by atoms with Crippen molar-refractivity contribution in [1.29, 1.82) is 0 Å². The molecule has 0 radical (unpaired) electrons. The van der Waals surface area contributed by atoms with Crippen molar-refractivity contribution in [1.82, 2.24) is 0 Å². The van der Waals surface area contributed by atoms with E-state index < -0.39 is 0 Å². The van der Waals surface area contributed by atoms with Gasteiger partial charge in [-0.3, -0.25) is 0 Å². The molecule has 2 rings (SSSR count). The maximum Gasteiger partial charge on any atom is 0.0823 e. The van der Waals surface area contributed by atoms with Crippen LogP contribution >= 0.6 is 0 Å². The Morgan fingerprint density at radius 1 is 0.933 bits per heavy atom. The lowest BCUT2D eigenvalue weighted by Crippen LogP contribution is -2.05. The number of aliphatic hydroxyl groups excluding tert-OH is 1. The lowest BCUT2D eigenvalue weighted by molar-refractivity contribution is -0.312. The van der Waals surface area contributed by atoms with Gasteiger partial charge in [-0.05, 0) is 19.8 Å². The number of rotatable bonds is 0. The summed E-state index contributed by atoms with van der Waals surface area (Å²) in [5.41, 5.74) is 1.32. The highest BCUT2D eigenvalue weighted by Gasteiger charge is 1.95. The van der Waals surface area contributed by atoms with Gasteiger partial charge in [0.05, 0.1) is 13.2 Å². The molecule has 1 fully saturated rings. The Labute approximate surface area is 91.6 Å². The van der Waals surface area contributed by atoms with E-state index in [0.29, 0.717) is 0 Å². The van der Waals surface area contributed by atoms with Gasteiger partial charge in [0.15, 0.2) is 0 Å². The molecule has 1 heterocycles. The molecule has 0 saturated carbocycles. The maximum atomic E-state index is 7.00. The summed E-state index contributed by atoms with van der Waals surface area (Å²) >= 11 is 0. The van der Waals surface area contributed by atoms with Crippen LogP contribution in [-0.4, -0.2) is 25.4 Å². The molecule has 1 aromatic rings. The first-order chi connectivity index (χ1) is 7.39. The Bertz CT molecular complexity index is 196. The van der Waals surface area contributed by atoms with Gasteiger partial charge in [-0.15, -0.1) is 0 Å². The fourth-order valence-electron chi connectivity index (χ4n) is 0.974. The minimum Gasteiger partial charge on any atom is -0.400 e. The minimum absolute atomic E-state index is 0.778. The van der Waals surface area contributed by atoms with Crippen LogP contribution < -0.4 is 0 Å². The SMILES string of the molecule is C1CCOOC1.CO.Cc1ccccc1. The van der Waals surface area contributed by atoms with Gasteiger partial charge in [0, 0.05) is 7.11 Å². The van der Waals surface area contributed by atoms with E-state index in [-0.39, 0.29) is 0 Å². The van der Waals surface area contributed by atoms with Crippen LogP contribution in [-0.2, 0) is 9.78 Å². The monoisotopic (exact) mass is 212 g/mol. The maximum absolute atomic E-state index is 7.00. The lowest BCUT2D eigenvalue weighted by Gasteiger charge is -2.07. The zero-order chi connectivity index (χ0) is 11.4. The summed E-state index contributed by atoms with van der Waals surface area (Å²) in [5.74, 6) is 0. The second kappa shape index (κ2) is 11.2. The van der Waals surface area contributed by atoms with E-state index in [1.165, 1.54) is 5.56 Å². The van der Waals surface area contributed by atoms with Gasteiger partial charge in [0.25, 0.3) is 0 Å². The van der Waals surface area contributed by atoms with E-state index in [0.717, 1.165) is 33.2 Å². The first-order valence-corrected chi connectivity index (χ1v) is 5.10. The number of hydrogen-bond acceptors (Lipinski definition) is 3. The zero-order valence-electron chi connectivity index (χ0n) is 9.48. The molecule has 0 atom stereocenters. The Balaban J connectivity index is 0.000000227. The normalized spacial score (nSPS) is 14.1. The summed E-state index contributed by atoms with van der Waals surface area (Å²) < 4.78 is 0. The summed E-state index contributed by atoms with van der Waals surface area (Å²) in [6.07, 6.45) is 2.31. The van der Waals surface area contributed by atoms with Crippen LogP contribution in [0, 0.1) is 6.92 Å². The van der Waals surface area contributed by atoms with Gasteiger partial charge in [0.1, 0.15) is 0 Å². The van der Waals surface area contributed by atoms with E-state index >= 15 is 0 Å². The second-order valence-electron chi connectivity index (χ2n) is 3.01. The number of benzene rings is 1. The second-order valence-corrected chi connectivity index (χ2v) is 3.01. The Hall–Kier alpha value is -0.900. The topological polar surface area (TPSA) is 38.7 Å². The number of aryl methyl sites for hydroxylation is 1. The van der Waals surface area contributed by atoms with Gasteiger partial charge in [-0.25, -0.2) is 9.78 Å². The van der Waals surface area contributed by atoms with Gasteiger partial charge in [-0.2, -0.15) is 0 Å². The molecule has 1 aliphatic rings. The van der Waals surface area contributed by atoms with Crippen LogP contribution in [0.4, 0.5) is 0 Å². The first kappa shape index (κ1) is 14.1. The predicted molar refractivity (Wildman–Crippen MR) is 60.5 cm³/mol. The third-order valence-corrected chi connectivity index (χ3v) is 1.73. The zero-order valence-corrected chi connectivity index (χ0v) is 9.48. The van der Waals surface area contributed by atoms with Gasteiger partial charge >= 0.3 is 0 Å². The van der Waals surface area contributed by atoms with Crippen molar-refractivity contribution in [2.75, 3.05) is 20.3 Å².